The molecule has 0 spiro atoms. The van der Waals surface area contributed by atoms with Crippen LogP contribution in [0.4, 0.5) is 13.2 Å². The summed E-state index contributed by atoms with van der Waals surface area (Å²) in [6.07, 6.45) is -4.11. The number of aromatic nitrogens is 2. The zero-order valence-corrected chi connectivity index (χ0v) is 20.2. The molecule has 0 fully saturated rings. The quantitative estimate of drug-likeness (QED) is 0.361. The van der Waals surface area contributed by atoms with Gasteiger partial charge < -0.3 is 15.0 Å². The molecule has 1 aromatic heterocycles. The molecule has 0 aliphatic carbocycles. The number of hydrogen-bond acceptors (Lipinski definition) is 4. The average Bonchev–Trinajstić information content (AvgIpc) is 3.26. The summed E-state index contributed by atoms with van der Waals surface area (Å²) in [7, 11) is 4.03. The molecule has 6 nitrogen and oxygen atoms in total. The second-order valence-corrected chi connectivity index (χ2v) is 8.89. The summed E-state index contributed by atoms with van der Waals surface area (Å²) >= 11 is 0. The van der Waals surface area contributed by atoms with Crippen LogP contribution in [0.25, 0.3) is 16.6 Å². The van der Waals surface area contributed by atoms with E-state index in [1.165, 1.54) is 12.5 Å². The Balaban J connectivity index is 1.59. The van der Waals surface area contributed by atoms with Gasteiger partial charge in [0.15, 0.2) is 0 Å². The molecule has 9 heteroatoms. The number of benzene rings is 3. The van der Waals surface area contributed by atoms with Crippen LogP contribution in [-0.2, 0) is 11.3 Å². The molecule has 3 aromatic carbocycles. The standard InChI is InChI=1S/C27H27F3N4O2/c1-18(32-26(35)27(28,29)30)25(20-7-5-4-6-8-20)36-23-13-14-24-21(15-23)16-31-34(24)22-11-9-19(10-12-22)17-33(2)3/h4-16,18,25H,17H2,1-3H3,(H,32,35)/t18-,25+/m0/s1. The van der Waals surface area contributed by atoms with Gasteiger partial charge in [0.1, 0.15) is 11.9 Å². The fourth-order valence-electron chi connectivity index (χ4n) is 4.01. The zero-order valence-electron chi connectivity index (χ0n) is 20.2. The second kappa shape index (κ2) is 10.4. The van der Waals surface area contributed by atoms with E-state index in [9.17, 15) is 18.0 Å². The van der Waals surface area contributed by atoms with E-state index in [1.54, 1.807) is 48.7 Å². The molecule has 0 aliphatic heterocycles. The number of nitrogens with zero attached hydrogens (tertiary/aromatic N) is 3. The van der Waals surface area contributed by atoms with E-state index in [1.807, 2.05) is 42.3 Å². The van der Waals surface area contributed by atoms with Crippen LogP contribution < -0.4 is 10.1 Å². The monoisotopic (exact) mass is 496 g/mol. The van der Waals surface area contributed by atoms with Crippen molar-refractivity contribution in [2.24, 2.45) is 0 Å². The Bertz CT molecular complexity index is 1320. The third-order valence-electron chi connectivity index (χ3n) is 5.68. The number of hydrogen-bond donors (Lipinski definition) is 1. The fourth-order valence-corrected chi connectivity index (χ4v) is 4.01. The lowest BCUT2D eigenvalue weighted by atomic mass is 10.0. The Morgan fingerprint density at radius 3 is 2.39 bits per heavy atom. The van der Waals surface area contributed by atoms with E-state index < -0.39 is 24.2 Å². The van der Waals surface area contributed by atoms with Crippen molar-refractivity contribution in [3.63, 3.8) is 0 Å². The van der Waals surface area contributed by atoms with Gasteiger partial charge in [0.25, 0.3) is 0 Å². The first-order valence-corrected chi connectivity index (χ1v) is 11.4. The molecule has 36 heavy (non-hydrogen) atoms. The summed E-state index contributed by atoms with van der Waals surface area (Å²) in [5, 5.41) is 7.32. The Morgan fingerprint density at radius 1 is 1.06 bits per heavy atom. The summed E-state index contributed by atoms with van der Waals surface area (Å²) in [6.45, 7) is 2.32. The van der Waals surface area contributed by atoms with Crippen molar-refractivity contribution in [2.45, 2.75) is 31.8 Å². The van der Waals surface area contributed by atoms with Crippen LogP contribution in [0.5, 0.6) is 5.75 Å². The summed E-state index contributed by atoms with van der Waals surface area (Å²) in [4.78, 5) is 13.6. The fraction of sp³-hybridized carbons (Fsp3) is 0.259. The number of amides is 1. The molecule has 4 aromatic rings. The van der Waals surface area contributed by atoms with E-state index in [4.69, 9.17) is 4.74 Å². The normalized spacial score (nSPS) is 13.5. The van der Waals surface area contributed by atoms with Crippen molar-refractivity contribution >= 4 is 16.8 Å². The number of halogens is 3. The molecule has 1 heterocycles. The van der Waals surface area contributed by atoms with Gasteiger partial charge in [-0.1, -0.05) is 42.5 Å². The molecule has 2 atom stereocenters. The topological polar surface area (TPSA) is 59.4 Å². The van der Waals surface area contributed by atoms with Crippen molar-refractivity contribution < 1.29 is 22.7 Å². The summed E-state index contributed by atoms with van der Waals surface area (Å²) in [5.41, 5.74) is 3.60. The van der Waals surface area contributed by atoms with Crippen LogP contribution in [-0.4, -0.2) is 46.9 Å². The molecule has 1 amide bonds. The minimum atomic E-state index is -4.98. The Labute approximate surface area is 207 Å². The molecule has 0 aliphatic rings. The zero-order chi connectivity index (χ0) is 25.9. The average molecular weight is 497 g/mol. The molecule has 0 unspecified atom stereocenters. The van der Waals surface area contributed by atoms with Crippen LogP contribution in [0.2, 0.25) is 0 Å². The molecule has 0 saturated carbocycles. The molecule has 0 bridgehead atoms. The van der Waals surface area contributed by atoms with Gasteiger partial charge in [-0.15, -0.1) is 0 Å². The lowest BCUT2D eigenvalue weighted by molar-refractivity contribution is -0.174. The number of ether oxygens (including phenoxy) is 1. The molecule has 0 radical (unpaired) electrons. The van der Waals surface area contributed by atoms with Gasteiger partial charge in [-0.2, -0.15) is 18.3 Å². The summed E-state index contributed by atoms with van der Waals surface area (Å²) in [5.74, 6) is -1.56. The van der Waals surface area contributed by atoms with Gasteiger partial charge >= 0.3 is 12.1 Å². The highest BCUT2D eigenvalue weighted by molar-refractivity contribution is 5.82. The maximum absolute atomic E-state index is 12.8. The van der Waals surface area contributed by atoms with E-state index in [0.29, 0.717) is 11.3 Å². The van der Waals surface area contributed by atoms with E-state index in [-0.39, 0.29) is 0 Å². The van der Waals surface area contributed by atoms with Crippen molar-refractivity contribution in [3.05, 3.63) is 90.1 Å². The van der Waals surface area contributed by atoms with E-state index >= 15 is 0 Å². The number of carbonyl (C=O) groups is 1. The predicted octanol–water partition coefficient (Wildman–Crippen LogP) is 5.27. The van der Waals surface area contributed by atoms with Crippen molar-refractivity contribution in [1.82, 2.24) is 20.0 Å². The van der Waals surface area contributed by atoms with Crippen LogP contribution in [0, 0.1) is 0 Å². The SMILES string of the molecule is C[C@H](NC(=O)C(F)(F)F)[C@@H](Oc1ccc2c(cnn2-c2ccc(CN(C)C)cc2)c1)c1ccccc1. The molecule has 4 rings (SSSR count). The highest BCUT2D eigenvalue weighted by Gasteiger charge is 2.40. The minimum absolute atomic E-state index is 0.449. The van der Waals surface area contributed by atoms with Crippen molar-refractivity contribution in [2.75, 3.05) is 14.1 Å². The first kappa shape index (κ1) is 25.2. The van der Waals surface area contributed by atoms with E-state index in [0.717, 1.165) is 23.1 Å². The maximum atomic E-state index is 12.8. The van der Waals surface area contributed by atoms with Crippen LogP contribution >= 0.6 is 0 Å². The van der Waals surface area contributed by atoms with Crippen LogP contribution in [0.3, 0.4) is 0 Å². The first-order valence-electron chi connectivity index (χ1n) is 11.4. The largest absolute Gasteiger partial charge is 0.484 e. The van der Waals surface area contributed by atoms with E-state index in [2.05, 4.69) is 22.1 Å². The highest BCUT2D eigenvalue weighted by Crippen LogP contribution is 2.29. The van der Waals surface area contributed by atoms with Gasteiger partial charge in [-0.05, 0) is 62.5 Å². The maximum Gasteiger partial charge on any atom is 0.471 e. The Hall–Kier alpha value is -3.85. The molecular weight excluding hydrogens is 469 g/mol. The Kier molecular flexibility index (Phi) is 7.30. The Morgan fingerprint density at radius 2 is 1.75 bits per heavy atom. The summed E-state index contributed by atoms with van der Waals surface area (Å²) < 4.78 is 46.4. The predicted molar refractivity (Wildman–Crippen MR) is 132 cm³/mol. The number of fused-ring (bicyclic) bond motifs is 1. The van der Waals surface area contributed by atoms with Crippen LogP contribution in [0.1, 0.15) is 24.2 Å². The van der Waals surface area contributed by atoms with Crippen molar-refractivity contribution in [3.8, 4) is 11.4 Å². The molecule has 1 N–H and O–H groups in total. The van der Waals surface area contributed by atoms with Gasteiger partial charge in [0.05, 0.1) is 23.4 Å². The number of carbonyl (C=O) groups excluding carboxylic acids is 1. The smallest absolute Gasteiger partial charge is 0.471 e. The lowest BCUT2D eigenvalue weighted by Crippen LogP contribution is -2.45. The third kappa shape index (κ3) is 5.85. The number of nitrogens with one attached hydrogen (secondary N) is 1. The molecule has 0 saturated heterocycles. The third-order valence-corrected chi connectivity index (χ3v) is 5.68. The molecular formula is C27H27F3N4O2. The first-order chi connectivity index (χ1) is 17.1. The second-order valence-electron chi connectivity index (χ2n) is 8.89. The number of alkyl halides is 3. The lowest BCUT2D eigenvalue weighted by Gasteiger charge is -2.27. The van der Waals surface area contributed by atoms with Crippen molar-refractivity contribution in [1.29, 1.82) is 0 Å². The van der Waals surface area contributed by atoms with Gasteiger partial charge in [-0.25, -0.2) is 4.68 Å². The highest BCUT2D eigenvalue weighted by atomic mass is 19.4. The van der Waals surface area contributed by atoms with Gasteiger partial charge in [-0.3, -0.25) is 4.79 Å². The summed E-state index contributed by atoms with van der Waals surface area (Å²) in [6, 6.07) is 21.4. The van der Waals surface area contributed by atoms with Gasteiger partial charge in [0, 0.05) is 11.9 Å². The minimum Gasteiger partial charge on any atom is -0.484 e. The molecule has 188 valence electrons. The van der Waals surface area contributed by atoms with Crippen LogP contribution in [0.15, 0.2) is 79.0 Å². The van der Waals surface area contributed by atoms with Gasteiger partial charge in [0.2, 0.25) is 0 Å². The number of rotatable bonds is 8.